The molecule has 164 valence electrons. The van der Waals surface area contributed by atoms with E-state index in [1.807, 2.05) is 0 Å². The van der Waals surface area contributed by atoms with Crippen molar-refractivity contribution in [2.75, 3.05) is 32.6 Å². The zero-order valence-electron chi connectivity index (χ0n) is 17.1. The zero-order valence-corrected chi connectivity index (χ0v) is 17.9. The first-order valence-electron chi connectivity index (χ1n) is 8.94. The van der Waals surface area contributed by atoms with Gasteiger partial charge < -0.3 is 14.8 Å². The second-order valence-corrected chi connectivity index (χ2v) is 7.75. The van der Waals surface area contributed by atoms with Gasteiger partial charge in [0, 0.05) is 6.54 Å². The minimum Gasteiger partial charge on any atom is -0.484 e. The number of hydrogen-bond donors (Lipinski definition) is 1. The number of hydrogen-bond acceptors (Lipinski definition) is 6. The minimum atomic E-state index is -4.40. The molecule has 6 nitrogen and oxygen atoms in total. The average Bonchev–Trinajstić information content (AvgIpc) is 3.07. The van der Waals surface area contributed by atoms with Crippen molar-refractivity contribution in [1.29, 1.82) is 0 Å². The van der Waals surface area contributed by atoms with Gasteiger partial charge in [0.1, 0.15) is 10.6 Å². The molecule has 1 aromatic carbocycles. The normalized spacial score (nSPS) is 11.5. The number of benzene rings is 1. The molecular formula is C20H23F3N2O4S. The Morgan fingerprint density at radius 1 is 1.20 bits per heavy atom. The summed E-state index contributed by atoms with van der Waals surface area (Å²) in [6, 6.07) is 5.10. The zero-order chi connectivity index (χ0) is 22.5. The predicted octanol–water partition coefficient (Wildman–Crippen LogP) is 4.16. The Balaban J connectivity index is 1.97. The van der Waals surface area contributed by atoms with Gasteiger partial charge in [-0.25, -0.2) is 4.79 Å². The lowest BCUT2D eigenvalue weighted by atomic mass is 10.1. The summed E-state index contributed by atoms with van der Waals surface area (Å²) >= 11 is 1.17. The molecule has 0 aliphatic carbocycles. The molecular weight excluding hydrogens is 421 g/mol. The Bertz CT molecular complexity index is 889. The molecule has 0 atom stereocenters. The highest BCUT2D eigenvalue weighted by Gasteiger charge is 2.29. The molecule has 1 N–H and O–H groups in total. The Labute approximate surface area is 176 Å². The standard InChI is InChI=1S/C20H23F3N2O4S/c1-12-7-14(8-13(2)17(12)29-11-20(21,22)23)9-25(3)10-16(26)24-15-5-6-30-18(15)19(27)28-4/h5-8H,9-11H2,1-4H3,(H,24,26). The van der Waals surface area contributed by atoms with Crippen LogP contribution in [0.25, 0.3) is 0 Å². The minimum absolute atomic E-state index is 0.0564. The van der Waals surface area contributed by atoms with Crippen molar-refractivity contribution < 1.29 is 32.2 Å². The van der Waals surface area contributed by atoms with E-state index in [-0.39, 0.29) is 18.2 Å². The summed E-state index contributed by atoms with van der Waals surface area (Å²) in [5.41, 5.74) is 2.41. The first kappa shape index (κ1) is 23.7. The SMILES string of the molecule is COC(=O)c1sccc1NC(=O)CN(C)Cc1cc(C)c(OCC(F)(F)F)c(C)c1. The van der Waals surface area contributed by atoms with Crippen molar-refractivity contribution in [3.05, 3.63) is 45.1 Å². The van der Waals surface area contributed by atoms with E-state index in [0.29, 0.717) is 28.2 Å². The van der Waals surface area contributed by atoms with Crippen molar-refractivity contribution in [1.82, 2.24) is 4.90 Å². The van der Waals surface area contributed by atoms with Crippen LogP contribution in [0.2, 0.25) is 0 Å². The fourth-order valence-electron chi connectivity index (χ4n) is 2.97. The first-order valence-corrected chi connectivity index (χ1v) is 9.82. The summed E-state index contributed by atoms with van der Waals surface area (Å²) in [6.45, 7) is 2.48. The Hall–Kier alpha value is -2.59. The summed E-state index contributed by atoms with van der Waals surface area (Å²) in [4.78, 5) is 26.1. The van der Waals surface area contributed by atoms with Gasteiger partial charge in [-0.2, -0.15) is 13.2 Å². The average molecular weight is 444 g/mol. The van der Waals surface area contributed by atoms with Crippen LogP contribution in [0.1, 0.15) is 26.4 Å². The third-order valence-electron chi connectivity index (χ3n) is 4.08. The van der Waals surface area contributed by atoms with Crippen LogP contribution in [-0.4, -0.2) is 50.3 Å². The number of aryl methyl sites for hydroxylation is 2. The number of carbonyl (C=O) groups excluding carboxylic acids is 2. The Morgan fingerprint density at radius 3 is 2.40 bits per heavy atom. The van der Waals surface area contributed by atoms with E-state index >= 15 is 0 Å². The highest BCUT2D eigenvalue weighted by molar-refractivity contribution is 7.12. The molecule has 1 amide bonds. The fraction of sp³-hybridized carbons (Fsp3) is 0.400. The number of amides is 1. The van der Waals surface area contributed by atoms with E-state index in [2.05, 4.69) is 10.1 Å². The molecule has 1 heterocycles. The van der Waals surface area contributed by atoms with Crippen LogP contribution in [-0.2, 0) is 16.1 Å². The summed E-state index contributed by atoms with van der Waals surface area (Å²) < 4.78 is 46.8. The quantitative estimate of drug-likeness (QED) is 0.620. The van der Waals surface area contributed by atoms with Crippen LogP contribution in [0, 0.1) is 13.8 Å². The number of ether oxygens (including phenoxy) is 2. The molecule has 30 heavy (non-hydrogen) atoms. The summed E-state index contributed by atoms with van der Waals surface area (Å²) in [5, 5.41) is 4.37. The molecule has 10 heteroatoms. The van der Waals surface area contributed by atoms with Crippen molar-refractivity contribution in [2.24, 2.45) is 0 Å². The van der Waals surface area contributed by atoms with Gasteiger partial charge in [-0.15, -0.1) is 11.3 Å². The number of carbonyl (C=O) groups is 2. The van der Waals surface area contributed by atoms with Gasteiger partial charge in [0.25, 0.3) is 0 Å². The van der Waals surface area contributed by atoms with Gasteiger partial charge in [0.2, 0.25) is 5.91 Å². The lowest BCUT2D eigenvalue weighted by Crippen LogP contribution is -2.30. The monoisotopic (exact) mass is 444 g/mol. The summed E-state index contributed by atoms with van der Waals surface area (Å²) in [5.74, 6) is -0.615. The second-order valence-electron chi connectivity index (χ2n) is 6.84. The largest absolute Gasteiger partial charge is 0.484 e. The fourth-order valence-corrected chi connectivity index (χ4v) is 3.74. The number of rotatable bonds is 8. The van der Waals surface area contributed by atoms with Gasteiger partial charge in [0.05, 0.1) is 19.3 Å². The van der Waals surface area contributed by atoms with Gasteiger partial charge >= 0.3 is 12.1 Å². The van der Waals surface area contributed by atoms with Gasteiger partial charge in [-0.3, -0.25) is 9.69 Å². The number of nitrogens with zero attached hydrogens (tertiary/aromatic N) is 1. The lowest BCUT2D eigenvalue weighted by Gasteiger charge is -2.19. The van der Waals surface area contributed by atoms with Gasteiger partial charge in [-0.05, 0) is 49.0 Å². The molecule has 2 rings (SSSR count). The molecule has 2 aromatic rings. The number of alkyl halides is 3. The van der Waals surface area contributed by atoms with E-state index < -0.39 is 18.8 Å². The number of methoxy groups -OCH3 is 1. The molecule has 0 saturated heterocycles. The first-order chi connectivity index (χ1) is 14.0. The van der Waals surface area contributed by atoms with Crippen molar-refractivity contribution in [3.63, 3.8) is 0 Å². The van der Waals surface area contributed by atoms with Crippen molar-refractivity contribution in [2.45, 2.75) is 26.6 Å². The molecule has 0 unspecified atom stereocenters. The van der Waals surface area contributed by atoms with Crippen LogP contribution in [0.15, 0.2) is 23.6 Å². The molecule has 0 fully saturated rings. The number of anilines is 1. The predicted molar refractivity (Wildman–Crippen MR) is 108 cm³/mol. The number of halogens is 3. The van der Waals surface area contributed by atoms with Crippen molar-refractivity contribution in [3.8, 4) is 5.75 Å². The van der Waals surface area contributed by atoms with Crippen molar-refractivity contribution >= 4 is 28.9 Å². The Morgan fingerprint density at radius 2 is 1.83 bits per heavy atom. The summed E-state index contributed by atoms with van der Waals surface area (Å²) in [7, 11) is 3.01. The molecule has 0 bridgehead atoms. The maximum absolute atomic E-state index is 12.4. The van der Waals surface area contributed by atoms with Gasteiger partial charge in [0.15, 0.2) is 6.61 Å². The molecule has 1 aromatic heterocycles. The third kappa shape index (κ3) is 6.74. The van der Waals surface area contributed by atoms with Crippen LogP contribution in [0.4, 0.5) is 18.9 Å². The molecule has 0 aliphatic heterocycles. The van der Waals surface area contributed by atoms with E-state index in [4.69, 9.17) is 4.74 Å². The maximum Gasteiger partial charge on any atom is 0.422 e. The number of esters is 1. The maximum atomic E-state index is 12.4. The molecule has 0 saturated carbocycles. The molecule has 0 radical (unpaired) electrons. The summed E-state index contributed by atoms with van der Waals surface area (Å²) in [6.07, 6.45) is -4.40. The highest BCUT2D eigenvalue weighted by atomic mass is 32.1. The van der Waals surface area contributed by atoms with Crippen LogP contribution in [0.3, 0.4) is 0 Å². The highest BCUT2D eigenvalue weighted by Crippen LogP contribution is 2.28. The second kappa shape index (κ2) is 9.94. The topological polar surface area (TPSA) is 67.9 Å². The van der Waals surface area contributed by atoms with E-state index in [0.717, 1.165) is 5.56 Å². The number of nitrogens with one attached hydrogen (secondary N) is 1. The number of likely N-dealkylation sites (N-methyl/N-ethyl adjacent to an activating group) is 1. The van der Waals surface area contributed by atoms with E-state index in [1.165, 1.54) is 18.4 Å². The van der Waals surface area contributed by atoms with Crippen LogP contribution >= 0.6 is 11.3 Å². The lowest BCUT2D eigenvalue weighted by molar-refractivity contribution is -0.153. The molecule has 0 spiro atoms. The number of thiophene rings is 1. The Kier molecular flexibility index (Phi) is 7.85. The smallest absolute Gasteiger partial charge is 0.422 e. The van der Waals surface area contributed by atoms with E-state index in [1.54, 1.807) is 49.4 Å². The third-order valence-corrected chi connectivity index (χ3v) is 4.97. The van der Waals surface area contributed by atoms with Gasteiger partial charge in [-0.1, -0.05) is 12.1 Å². The van der Waals surface area contributed by atoms with E-state index in [9.17, 15) is 22.8 Å². The molecule has 0 aliphatic rings. The van der Waals surface area contributed by atoms with Crippen LogP contribution in [0.5, 0.6) is 5.75 Å². The van der Waals surface area contributed by atoms with Crippen LogP contribution < -0.4 is 10.1 Å².